The van der Waals surface area contributed by atoms with Gasteiger partial charge >= 0.3 is 5.97 Å². The number of nitrogens with zero attached hydrogens (tertiary/aromatic N) is 5. The largest absolute Gasteiger partial charge is 0.481 e. The fraction of sp³-hybridized carbons (Fsp3) is 0.188. The van der Waals surface area contributed by atoms with Crippen LogP contribution >= 0.6 is 11.3 Å². The molecule has 126 valence electrons. The Hall–Kier alpha value is -3.07. The van der Waals surface area contributed by atoms with Crippen LogP contribution in [0.1, 0.15) is 23.2 Å². The van der Waals surface area contributed by atoms with Crippen LogP contribution in [0.15, 0.2) is 29.0 Å². The Bertz CT molecular complexity index is 1060. The van der Waals surface area contributed by atoms with Crippen LogP contribution in [-0.4, -0.2) is 36.0 Å². The number of carboxylic acids is 1. The van der Waals surface area contributed by atoms with E-state index in [0.717, 1.165) is 27.0 Å². The van der Waals surface area contributed by atoms with Gasteiger partial charge in [-0.2, -0.15) is 5.10 Å². The van der Waals surface area contributed by atoms with Gasteiger partial charge in [-0.3, -0.25) is 4.79 Å². The molecular weight excluding hydrogens is 342 g/mol. The number of carbonyl (C=O) groups is 1. The maximum Gasteiger partial charge on any atom is 0.312 e. The maximum absolute atomic E-state index is 10.7. The summed E-state index contributed by atoms with van der Waals surface area (Å²) in [6.45, 7) is 0. The van der Waals surface area contributed by atoms with E-state index < -0.39 is 5.97 Å². The molecular formula is C16H13N5O3S. The molecule has 0 saturated carbocycles. The molecule has 0 fully saturated rings. The summed E-state index contributed by atoms with van der Waals surface area (Å²) in [4.78, 5) is 15.3. The molecule has 3 aromatic heterocycles. The number of rotatable bonds is 5. The number of hydrogen-bond acceptors (Lipinski definition) is 7. The number of aromatic nitrogens is 5. The summed E-state index contributed by atoms with van der Waals surface area (Å²) in [6.07, 6.45) is 10.7. The lowest BCUT2D eigenvalue weighted by molar-refractivity contribution is -0.136. The van der Waals surface area contributed by atoms with E-state index in [1.54, 1.807) is 17.5 Å². The van der Waals surface area contributed by atoms with Crippen molar-refractivity contribution in [1.29, 1.82) is 0 Å². The summed E-state index contributed by atoms with van der Waals surface area (Å²) in [6, 6.07) is 1.88. The first kappa shape index (κ1) is 15.5. The smallest absolute Gasteiger partial charge is 0.312 e. The highest BCUT2D eigenvalue weighted by Crippen LogP contribution is 2.11. The minimum absolute atomic E-state index is 0.0997. The van der Waals surface area contributed by atoms with E-state index >= 15 is 0 Å². The number of thiazole rings is 1. The molecule has 3 aromatic rings. The Labute approximate surface area is 145 Å². The van der Waals surface area contributed by atoms with Gasteiger partial charge in [-0.25, -0.2) is 9.67 Å². The highest BCUT2D eigenvalue weighted by Gasteiger charge is 2.12. The van der Waals surface area contributed by atoms with E-state index in [9.17, 15) is 4.79 Å². The van der Waals surface area contributed by atoms with Crippen molar-refractivity contribution in [3.05, 3.63) is 51.2 Å². The monoisotopic (exact) mass is 355 g/mol. The molecule has 25 heavy (non-hydrogen) atoms. The van der Waals surface area contributed by atoms with Crippen molar-refractivity contribution in [2.75, 3.05) is 0 Å². The number of carboxylic acid groups (broad SMARTS) is 1. The molecule has 1 aliphatic carbocycles. The molecule has 0 bridgehead atoms. The molecule has 0 saturated heterocycles. The van der Waals surface area contributed by atoms with Gasteiger partial charge in [-0.05, 0) is 18.6 Å². The highest BCUT2D eigenvalue weighted by atomic mass is 32.1. The quantitative estimate of drug-likeness (QED) is 0.708. The van der Waals surface area contributed by atoms with E-state index in [-0.39, 0.29) is 12.3 Å². The Morgan fingerprint density at radius 3 is 3.00 bits per heavy atom. The molecule has 0 amide bonds. The molecule has 0 radical (unpaired) electrons. The van der Waals surface area contributed by atoms with Crippen molar-refractivity contribution in [2.45, 2.75) is 19.3 Å². The van der Waals surface area contributed by atoms with Gasteiger partial charge in [0.25, 0.3) is 0 Å². The zero-order valence-electron chi connectivity index (χ0n) is 13.0. The minimum atomic E-state index is -1.00. The predicted molar refractivity (Wildman–Crippen MR) is 89.9 cm³/mol. The lowest BCUT2D eigenvalue weighted by Gasteiger charge is -1.99. The summed E-state index contributed by atoms with van der Waals surface area (Å²) in [5, 5.41) is 22.4. The predicted octanol–water partition coefficient (Wildman–Crippen LogP) is 0.446. The molecule has 1 N–H and O–H groups in total. The third kappa shape index (κ3) is 3.41. The Kier molecular flexibility index (Phi) is 3.98. The first-order valence-corrected chi connectivity index (χ1v) is 8.40. The highest BCUT2D eigenvalue weighted by molar-refractivity contribution is 7.09. The summed E-state index contributed by atoms with van der Waals surface area (Å²) < 4.78 is 8.21. The number of aliphatic carboxylic acids is 1. The van der Waals surface area contributed by atoms with Crippen molar-refractivity contribution in [2.24, 2.45) is 0 Å². The van der Waals surface area contributed by atoms with Gasteiger partial charge in [0, 0.05) is 12.4 Å². The molecule has 4 rings (SSSR count). The fourth-order valence-electron chi connectivity index (χ4n) is 2.47. The Morgan fingerprint density at radius 1 is 1.32 bits per heavy atom. The van der Waals surface area contributed by atoms with Crippen molar-refractivity contribution >= 4 is 35.2 Å². The zero-order valence-corrected chi connectivity index (χ0v) is 13.8. The summed E-state index contributed by atoms with van der Waals surface area (Å²) in [5.74, 6) is -0.538. The molecule has 8 nitrogen and oxygen atoms in total. The first-order chi connectivity index (χ1) is 12.2. The second-order valence-corrected chi connectivity index (χ2v) is 6.47. The van der Waals surface area contributed by atoms with E-state index in [1.165, 1.54) is 0 Å². The fourth-order valence-corrected chi connectivity index (χ4v) is 3.48. The second kappa shape index (κ2) is 6.44. The lowest BCUT2D eigenvalue weighted by Crippen LogP contribution is -2.20. The van der Waals surface area contributed by atoms with Gasteiger partial charge < -0.3 is 9.52 Å². The number of allylic oxidation sites excluding steroid dienone is 2. The van der Waals surface area contributed by atoms with Gasteiger partial charge in [-0.1, -0.05) is 12.2 Å². The molecule has 0 spiro atoms. The van der Waals surface area contributed by atoms with Crippen LogP contribution in [0.3, 0.4) is 0 Å². The normalized spacial score (nSPS) is 13.4. The number of fused-ring (bicyclic) bond motifs is 1. The van der Waals surface area contributed by atoms with E-state index in [4.69, 9.17) is 9.52 Å². The molecule has 3 heterocycles. The molecule has 9 heteroatoms. The van der Waals surface area contributed by atoms with Crippen LogP contribution in [0.4, 0.5) is 0 Å². The van der Waals surface area contributed by atoms with Gasteiger partial charge in [0.2, 0.25) is 11.8 Å². The van der Waals surface area contributed by atoms with E-state index in [1.807, 2.05) is 16.9 Å². The SMILES string of the molecule is O=C(O)Cc1nnc(Cc2nc3c(s2)=CC(n2cccn2)=CCC=3)o1. The molecule has 0 unspecified atom stereocenters. The zero-order chi connectivity index (χ0) is 17.2. The summed E-state index contributed by atoms with van der Waals surface area (Å²) in [5.41, 5.74) is 0.997. The second-order valence-electron chi connectivity index (χ2n) is 5.36. The van der Waals surface area contributed by atoms with Crippen molar-refractivity contribution in [3.63, 3.8) is 0 Å². The maximum atomic E-state index is 10.7. The Balaban J connectivity index is 1.60. The van der Waals surface area contributed by atoms with Crippen LogP contribution in [0, 0.1) is 0 Å². The average molecular weight is 355 g/mol. The van der Waals surface area contributed by atoms with Gasteiger partial charge in [0.15, 0.2) is 0 Å². The van der Waals surface area contributed by atoms with Gasteiger partial charge in [-0.15, -0.1) is 21.5 Å². The number of hydrogen-bond donors (Lipinski definition) is 1. The van der Waals surface area contributed by atoms with Crippen LogP contribution in [-0.2, 0) is 17.6 Å². The lowest BCUT2D eigenvalue weighted by atomic mass is 10.3. The third-order valence-corrected chi connectivity index (χ3v) is 4.54. The minimum Gasteiger partial charge on any atom is -0.481 e. The van der Waals surface area contributed by atoms with Crippen LogP contribution in [0.25, 0.3) is 17.8 Å². The van der Waals surface area contributed by atoms with Crippen molar-refractivity contribution in [1.82, 2.24) is 25.0 Å². The molecule has 0 aliphatic heterocycles. The first-order valence-electron chi connectivity index (χ1n) is 7.58. The third-order valence-electron chi connectivity index (χ3n) is 3.53. The molecule has 0 atom stereocenters. The van der Waals surface area contributed by atoms with Crippen LogP contribution in [0.5, 0.6) is 0 Å². The van der Waals surface area contributed by atoms with Crippen molar-refractivity contribution < 1.29 is 14.3 Å². The molecule has 1 aliphatic rings. The summed E-state index contributed by atoms with van der Waals surface area (Å²) >= 11 is 1.54. The van der Waals surface area contributed by atoms with Crippen LogP contribution < -0.4 is 9.88 Å². The van der Waals surface area contributed by atoms with E-state index in [0.29, 0.717) is 12.3 Å². The van der Waals surface area contributed by atoms with Gasteiger partial charge in [0.1, 0.15) is 11.4 Å². The van der Waals surface area contributed by atoms with Crippen molar-refractivity contribution in [3.8, 4) is 0 Å². The standard InChI is InChI=1S/C16H13N5O3S/c22-16(23)9-14-20-19-13(24-14)8-15-18-11-4-1-3-10(7-12(11)25-15)21-6-2-5-17-21/h2-7H,1,8-9H2,(H,22,23). The Morgan fingerprint density at radius 2 is 2.20 bits per heavy atom. The van der Waals surface area contributed by atoms with Gasteiger partial charge in [0.05, 0.1) is 22.0 Å². The average Bonchev–Trinajstić information content (AvgIpc) is 3.28. The van der Waals surface area contributed by atoms with E-state index in [2.05, 4.69) is 38.5 Å². The van der Waals surface area contributed by atoms with Crippen LogP contribution in [0.2, 0.25) is 0 Å². The summed E-state index contributed by atoms with van der Waals surface area (Å²) in [7, 11) is 0. The topological polar surface area (TPSA) is 107 Å². The molecule has 0 aromatic carbocycles.